The Morgan fingerprint density at radius 3 is 2.32 bits per heavy atom. The lowest BCUT2D eigenvalue weighted by Gasteiger charge is -2.10. The number of carbonyl (C=O) groups excluding carboxylic acids is 1. The molecular weight excluding hydrogens is 350 g/mol. The number of rotatable bonds is 7. The molecule has 0 saturated carbocycles. The molecule has 1 aromatic heterocycles. The van der Waals surface area contributed by atoms with Gasteiger partial charge in [-0.25, -0.2) is 4.79 Å². The molecular formula is C24H21NO3. The molecule has 0 aliphatic heterocycles. The molecule has 3 rings (SSSR count). The second-order valence-corrected chi connectivity index (χ2v) is 5.92. The molecule has 4 nitrogen and oxygen atoms in total. The normalized spacial score (nSPS) is 11.0. The van der Waals surface area contributed by atoms with Crippen molar-refractivity contribution in [2.24, 2.45) is 0 Å². The van der Waals surface area contributed by atoms with Crippen molar-refractivity contribution in [3.8, 4) is 11.5 Å². The number of hydrogen-bond donors (Lipinski definition) is 0. The number of pyridine rings is 1. The first-order valence-corrected chi connectivity index (χ1v) is 9.04. The Kier molecular flexibility index (Phi) is 6.74. The molecule has 28 heavy (non-hydrogen) atoms. The van der Waals surface area contributed by atoms with Gasteiger partial charge in [-0.2, -0.15) is 0 Å². The Labute approximate surface area is 164 Å². The molecule has 0 spiro atoms. The maximum absolute atomic E-state index is 12.2. The largest absolute Gasteiger partial charge is 0.490 e. The molecule has 0 atom stereocenters. The third-order valence-corrected chi connectivity index (χ3v) is 3.86. The van der Waals surface area contributed by atoms with E-state index < -0.39 is 5.97 Å². The van der Waals surface area contributed by atoms with Gasteiger partial charge in [0.25, 0.3) is 0 Å². The Balaban J connectivity index is 1.72. The molecule has 0 bridgehead atoms. The van der Waals surface area contributed by atoms with E-state index >= 15 is 0 Å². The van der Waals surface area contributed by atoms with Gasteiger partial charge in [0.15, 0.2) is 11.5 Å². The van der Waals surface area contributed by atoms with Crippen LogP contribution in [0, 0.1) is 0 Å². The topological polar surface area (TPSA) is 48.4 Å². The second kappa shape index (κ2) is 9.88. The highest BCUT2D eigenvalue weighted by Crippen LogP contribution is 2.29. The summed E-state index contributed by atoms with van der Waals surface area (Å²) >= 11 is 0. The van der Waals surface area contributed by atoms with Crippen LogP contribution >= 0.6 is 0 Å². The average Bonchev–Trinajstić information content (AvgIpc) is 2.74. The fraction of sp³-hybridized carbons (Fsp3) is 0.0833. The summed E-state index contributed by atoms with van der Waals surface area (Å²) < 4.78 is 11.1. The van der Waals surface area contributed by atoms with Gasteiger partial charge in [-0.15, -0.1) is 0 Å². The third kappa shape index (κ3) is 5.68. The van der Waals surface area contributed by atoms with Crippen LogP contribution in [0.15, 0.2) is 79.1 Å². The summed E-state index contributed by atoms with van der Waals surface area (Å²) in [6.07, 6.45) is 10.6. The number of nitrogens with zero attached hydrogens (tertiary/aromatic N) is 1. The van der Waals surface area contributed by atoms with E-state index in [1.54, 1.807) is 24.5 Å². The van der Waals surface area contributed by atoms with Crippen molar-refractivity contribution in [1.82, 2.24) is 4.98 Å². The molecule has 3 aromatic rings. The van der Waals surface area contributed by atoms with Crippen LogP contribution in [-0.4, -0.2) is 17.6 Å². The molecule has 0 amide bonds. The monoisotopic (exact) mass is 371 g/mol. The van der Waals surface area contributed by atoms with Crippen LogP contribution in [0.3, 0.4) is 0 Å². The summed E-state index contributed by atoms with van der Waals surface area (Å²) in [6.45, 7) is 2.36. The van der Waals surface area contributed by atoms with E-state index in [1.807, 2.05) is 73.7 Å². The minimum absolute atomic E-state index is 0.394. The zero-order valence-corrected chi connectivity index (χ0v) is 15.6. The van der Waals surface area contributed by atoms with Gasteiger partial charge >= 0.3 is 5.97 Å². The van der Waals surface area contributed by atoms with Crippen molar-refractivity contribution in [2.75, 3.05) is 6.61 Å². The van der Waals surface area contributed by atoms with Gasteiger partial charge in [0.2, 0.25) is 0 Å². The maximum atomic E-state index is 12.2. The molecule has 1 heterocycles. The van der Waals surface area contributed by atoms with E-state index in [0.29, 0.717) is 18.1 Å². The van der Waals surface area contributed by atoms with Gasteiger partial charge in [-0.3, -0.25) is 4.98 Å². The fourth-order valence-corrected chi connectivity index (χ4v) is 2.52. The van der Waals surface area contributed by atoms with Crippen LogP contribution in [0.4, 0.5) is 0 Å². The van der Waals surface area contributed by atoms with E-state index in [9.17, 15) is 4.79 Å². The molecule has 4 heteroatoms. The Morgan fingerprint density at radius 2 is 1.57 bits per heavy atom. The lowest BCUT2D eigenvalue weighted by Crippen LogP contribution is -2.06. The molecule has 0 unspecified atom stereocenters. The lowest BCUT2D eigenvalue weighted by molar-refractivity contribution is -0.129. The van der Waals surface area contributed by atoms with Crippen LogP contribution in [0.2, 0.25) is 0 Å². The van der Waals surface area contributed by atoms with Gasteiger partial charge in [0.1, 0.15) is 0 Å². The Morgan fingerprint density at radius 1 is 0.857 bits per heavy atom. The number of benzene rings is 2. The van der Waals surface area contributed by atoms with Crippen LogP contribution < -0.4 is 9.47 Å². The fourth-order valence-electron chi connectivity index (χ4n) is 2.52. The predicted molar refractivity (Wildman–Crippen MR) is 112 cm³/mol. The highest BCUT2D eigenvalue weighted by atomic mass is 16.6. The van der Waals surface area contributed by atoms with Crippen LogP contribution in [0.25, 0.3) is 18.2 Å². The number of ether oxygens (including phenoxy) is 2. The standard InChI is InChI=1S/C24H21NO3/c1-2-27-23-18-21(9-8-20-14-16-25-17-15-20)10-12-22(23)28-24(26)13-11-19-6-4-3-5-7-19/h3-18H,2H2,1H3/b9-8+,13-11+. The van der Waals surface area contributed by atoms with Crippen LogP contribution in [0.1, 0.15) is 23.6 Å². The SMILES string of the molecule is CCOc1cc(/C=C/c2ccncc2)ccc1OC(=O)/C=C/c1ccccc1. The average molecular weight is 371 g/mol. The number of esters is 1. The Hall–Kier alpha value is -3.66. The lowest BCUT2D eigenvalue weighted by atomic mass is 10.1. The number of aromatic nitrogens is 1. The molecule has 0 saturated heterocycles. The first-order chi connectivity index (χ1) is 13.7. The smallest absolute Gasteiger partial charge is 0.336 e. The van der Waals surface area contributed by atoms with Gasteiger partial charge in [0, 0.05) is 18.5 Å². The van der Waals surface area contributed by atoms with Crippen molar-refractivity contribution in [1.29, 1.82) is 0 Å². The van der Waals surface area contributed by atoms with Crippen molar-refractivity contribution in [3.63, 3.8) is 0 Å². The highest BCUT2D eigenvalue weighted by molar-refractivity contribution is 5.89. The van der Waals surface area contributed by atoms with Gasteiger partial charge in [-0.1, -0.05) is 48.6 Å². The summed E-state index contributed by atoms with van der Waals surface area (Å²) in [4.78, 5) is 16.2. The van der Waals surface area contributed by atoms with Gasteiger partial charge < -0.3 is 9.47 Å². The van der Waals surface area contributed by atoms with Gasteiger partial charge in [0.05, 0.1) is 6.61 Å². The number of carbonyl (C=O) groups is 1. The third-order valence-electron chi connectivity index (χ3n) is 3.86. The summed E-state index contributed by atoms with van der Waals surface area (Å²) in [7, 11) is 0. The maximum Gasteiger partial charge on any atom is 0.336 e. The second-order valence-electron chi connectivity index (χ2n) is 5.92. The summed E-state index contributed by atoms with van der Waals surface area (Å²) in [5.41, 5.74) is 2.93. The van der Waals surface area contributed by atoms with E-state index in [4.69, 9.17) is 9.47 Å². The Bertz CT molecular complexity index is 964. The van der Waals surface area contributed by atoms with Crippen molar-refractivity contribution < 1.29 is 14.3 Å². The van der Waals surface area contributed by atoms with E-state index in [2.05, 4.69) is 4.98 Å². The van der Waals surface area contributed by atoms with Crippen molar-refractivity contribution in [3.05, 3.63) is 95.8 Å². The quantitative estimate of drug-likeness (QED) is 0.322. The first kappa shape index (κ1) is 19.1. The highest BCUT2D eigenvalue weighted by Gasteiger charge is 2.09. The predicted octanol–water partition coefficient (Wildman–Crippen LogP) is 5.27. The minimum atomic E-state index is -0.454. The molecule has 140 valence electrons. The summed E-state index contributed by atoms with van der Waals surface area (Å²) in [6, 6.07) is 18.9. The molecule has 0 aliphatic carbocycles. The molecule has 0 radical (unpaired) electrons. The van der Waals surface area contributed by atoms with Crippen LogP contribution in [-0.2, 0) is 4.79 Å². The molecule has 0 aliphatic rings. The van der Waals surface area contributed by atoms with E-state index in [0.717, 1.165) is 16.7 Å². The van der Waals surface area contributed by atoms with E-state index in [1.165, 1.54) is 6.08 Å². The summed E-state index contributed by atoms with van der Waals surface area (Å²) in [5, 5.41) is 0. The molecule has 2 aromatic carbocycles. The molecule has 0 fully saturated rings. The molecule has 0 N–H and O–H groups in total. The zero-order valence-electron chi connectivity index (χ0n) is 15.6. The van der Waals surface area contributed by atoms with Crippen molar-refractivity contribution in [2.45, 2.75) is 6.92 Å². The van der Waals surface area contributed by atoms with Gasteiger partial charge in [-0.05, 0) is 54.0 Å². The first-order valence-electron chi connectivity index (χ1n) is 9.04. The minimum Gasteiger partial charge on any atom is -0.490 e. The van der Waals surface area contributed by atoms with E-state index in [-0.39, 0.29) is 0 Å². The zero-order chi connectivity index (χ0) is 19.6. The number of hydrogen-bond acceptors (Lipinski definition) is 4. The van der Waals surface area contributed by atoms with Crippen LogP contribution in [0.5, 0.6) is 11.5 Å². The summed E-state index contributed by atoms with van der Waals surface area (Å²) in [5.74, 6) is 0.469. The van der Waals surface area contributed by atoms with Crippen molar-refractivity contribution >= 4 is 24.2 Å².